The van der Waals surface area contributed by atoms with Gasteiger partial charge in [-0.15, -0.1) is 0 Å². The monoisotopic (exact) mass is 257 g/mol. The average molecular weight is 257 g/mol. The van der Waals surface area contributed by atoms with Gasteiger partial charge in [0.1, 0.15) is 0 Å². The van der Waals surface area contributed by atoms with Crippen LogP contribution < -0.4 is 5.32 Å². The molecule has 1 N–H and O–H groups in total. The summed E-state index contributed by atoms with van der Waals surface area (Å²) in [5, 5.41) is 3.89. The van der Waals surface area contributed by atoms with Gasteiger partial charge in [-0.2, -0.15) is 0 Å². The van der Waals surface area contributed by atoms with Crippen molar-refractivity contribution in [1.29, 1.82) is 0 Å². The molecule has 1 fully saturated rings. The molecule has 1 nitrogen and oxygen atoms in total. The summed E-state index contributed by atoms with van der Waals surface area (Å²) in [6, 6.07) is 7.55. The van der Waals surface area contributed by atoms with Crippen molar-refractivity contribution < 1.29 is 0 Å². The number of benzene rings is 1. The van der Waals surface area contributed by atoms with Gasteiger partial charge in [-0.25, -0.2) is 0 Å². The Bertz CT molecular complexity index is 437. The highest BCUT2D eigenvalue weighted by Crippen LogP contribution is 2.33. The van der Waals surface area contributed by atoms with Gasteiger partial charge >= 0.3 is 0 Å². The SMILES string of the molecule is CC1CCC(C)C(Nc2cccc3c2CCCC3)C1. The predicted molar refractivity (Wildman–Crippen MR) is 82.7 cm³/mol. The quantitative estimate of drug-likeness (QED) is 0.802. The number of hydrogen-bond donors (Lipinski definition) is 1. The first-order valence-corrected chi connectivity index (χ1v) is 8.11. The van der Waals surface area contributed by atoms with Gasteiger partial charge in [0.15, 0.2) is 0 Å². The Morgan fingerprint density at radius 3 is 2.79 bits per heavy atom. The molecule has 0 bridgehead atoms. The zero-order chi connectivity index (χ0) is 13.2. The lowest BCUT2D eigenvalue weighted by molar-refractivity contribution is 0.280. The maximum Gasteiger partial charge on any atom is 0.0377 e. The van der Waals surface area contributed by atoms with Crippen molar-refractivity contribution in [3.63, 3.8) is 0 Å². The van der Waals surface area contributed by atoms with Crippen LogP contribution in [0, 0.1) is 11.8 Å². The molecule has 3 rings (SSSR count). The minimum Gasteiger partial charge on any atom is -0.382 e. The van der Waals surface area contributed by atoms with Crippen LogP contribution in [0.25, 0.3) is 0 Å². The lowest BCUT2D eigenvalue weighted by Gasteiger charge is -2.35. The van der Waals surface area contributed by atoms with E-state index in [2.05, 4.69) is 37.4 Å². The highest BCUT2D eigenvalue weighted by molar-refractivity contribution is 5.56. The molecule has 1 aromatic carbocycles. The second-order valence-corrected chi connectivity index (χ2v) is 6.80. The second-order valence-electron chi connectivity index (χ2n) is 6.80. The third kappa shape index (κ3) is 2.80. The van der Waals surface area contributed by atoms with Crippen molar-refractivity contribution >= 4 is 5.69 Å². The van der Waals surface area contributed by atoms with Gasteiger partial charge in [0.2, 0.25) is 0 Å². The number of anilines is 1. The smallest absolute Gasteiger partial charge is 0.0377 e. The molecule has 0 radical (unpaired) electrons. The molecule has 0 heterocycles. The van der Waals surface area contributed by atoms with Crippen LogP contribution in [0.5, 0.6) is 0 Å². The van der Waals surface area contributed by atoms with Gasteiger partial charge in [-0.1, -0.05) is 32.4 Å². The number of nitrogens with one attached hydrogen (secondary N) is 1. The van der Waals surface area contributed by atoms with Crippen molar-refractivity contribution in [2.75, 3.05) is 5.32 Å². The fraction of sp³-hybridized carbons (Fsp3) is 0.667. The Morgan fingerprint density at radius 1 is 1.05 bits per heavy atom. The summed E-state index contributed by atoms with van der Waals surface area (Å²) in [5.41, 5.74) is 4.63. The molecule has 0 saturated heterocycles. The first-order chi connectivity index (χ1) is 9.24. The molecule has 1 saturated carbocycles. The van der Waals surface area contributed by atoms with E-state index in [1.165, 1.54) is 50.6 Å². The van der Waals surface area contributed by atoms with E-state index in [-0.39, 0.29) is 0 Å². The minimum absolute atomic E-state index is 0.678. The highest BCUT2D eigenvalue weighted by Gasteiger charge is 2.26. The fourth-order valence-corrected chi connectivity index (χ4v) is 3.85. The molecule has 0 amide bonds. The largest absolute Gasteiger partial charge is 0.382 e. The summed E-state index contributed by atoms with van der Waals surface area (Å²) < 4.78 is 0. The van der Waals surface area contributed by atoms with Crippen LogP contribution in [0.1, 0.15) is 57.1 Å². The lowest BCUT2D eigenvalue weighted by atomic mass is 9.79. The van der Waals surface area contributed by atoms with Crippen molar-refractivity contribution in [2.45, 2.75) is 64.8 Å². The second kappa shape index (κ2) is 5.56. The molecule has 1 aromatic rings. The Hall–Kier alpha value is -0.980. The molecule has 19 heavy (non-hydrogen) atoms. The molecule has 0 spiro atoms. The molecule has 2 aliphatic carbocycles. The van der Waals surface area contributed by atoms with E-state index in [0.29, 0.717) is 6.04 Å². The van der Waals surface area contributed by atoms with E-state index in [4.69, 9.17) is 0 Å². The van der Waals surface area contributed by atoms with E-state index in [1.54, 1.807) is 11.1 Å². The number of fused-ring (bicyclic) bond motifs is 1. The Morgan fingerprint density at radius 2 is 1.89 bits per heavy atom. The van der Waals surface area contributed by atoms with Crippen molar-refractivity contribution in [3.8, 4) is 0 Å². The summed E-state index contributed by atoms with van der Waals surface area (Å²) in [6.45, 7) is 4.82. The summed E-state index contributed by atoms with van der Waals surface area (Å²) in [5.74, 6) is 1.70. The van der Waals surface area contributed by atoms with Crippen molar-refractivity contribution in [2.24, 2.45) is 11.8 Å². The van der Waals surface area contributed by atoms with Crippen LogP contribution in [0.2, 0.25) is 0 Å². The van der Waals surface area contributed by atoms with E-state index < -0.39 is 0 Å². The van der Waals surface area contributed by atoms with E-state index >= 15 is 0 Å². The number of hydrogen-bond acceptors (Lipinski definition) is 1. The van der Waals surface area contributed by atoms with Gasteiger partial charge in [-0.05, 0) is 67.6 Å². The highest BCUT2D eigenvalue weighted by atomic mass is 14.9. The molecule has 3 atom stereocenters. The number of rotatable bonds is 2. The van der Waals surface area contributed by atoms with Crippen LogP contribution in [0.4, 0.5) is 5.69 Å². The van der Waals surface area contributed by atoms with E-state index in [9.17, 15) is 0 Å². The normalized spacial score (nSPS) is 30.7. The van der Waals surface area contributed by atoms with Crippen LogP contribution in [-0.4, -0.2) is 6.04 Å². The first-order valence-electron chi connectivity index (χ1n) is 8.11. The van der Waals surface area contributed by atoms with E-state index in [0.717, 1.165) is 11.8 Å². The topological polar surface area (TPSA) is 12.0 Å². The van der Waals surface area contributed by atoms with Gasteiger partial charge in [0.05, 0.1) is 0 Å². The average Bonchev–Trinajstić information content (AvgIpc) is 2.43. The molecule has 0 aromatic heterocycles. The minimum atomic E-state index is 0.678. The van der Waals surface area contributed by atoms with Crippen LogP contribution >= 0.6 is 0 Å². The van der Waals surface area contributed by atoms with Gasteiger partial charge < -0.3 is 5.32 Å². The Labute approximate surface area is 117 Å². The molecule has 2 aliphatic rings. The third-order valence-corrected chi connectivity index (χ3v) is 5.19. The lowest BCUT2D eigenvalue weighted by Crippen LogP contribution is -2.34. The summed E-state index contributed by atoms with van der Waals surface area (Å²) in [7, 11) is 0. The molecule has 3 unspecified atom stereocenters. The molecular weight excluding hydrogens is 230 g/mol. The Kier molecular flexibility index (Phi) is 3.81. The standard InChI is InChI=1S/C18H27N/c1-13-10-11-14(2)18(12-13)19-17-9-5-7-15-6-3-4-8-16(15)17/h5,7,9,13-14,18-19H,3-4,6,8,10-12H2,1-2H3. The molecule has 104 valence electrons. The third-order valence-electron chi connectivity index (χ3n) is 5.19. The maximum atomic E-state index is 3.89. The zero-order valence-corrected chi connectivity index (χ0v) is 12.4. The van der Waals surface area contributed by atoms with Crippen LogP contribution in [0.3, 0.4) is 0 Å². The van der Waals surface area contributed by atoms with E-state index in [1.807, 2.05) is 0 Å². The first kappa shape index (κ1) is 13.0. The molecule has 1 heteroatoms. The van der Waals surface area contributed by atoms with Gasteiger partial charge in [0, 0.05) is 11.7 Å². The van der Waals surface area contributed by atoms with Crippen LogP contribution in [-0.2, 0) is 12.8 Å². The van der Waals surface area contributed by atoms with Gasteiger partial charge in [-0.3, -0.25) is 0 Å². The summed E-state index contributed by atoms with van der Waals surface area (Å²) in [4.78, 5) is 0. The Balaban J connectivity index is 1.79. The summed E-state index contributed by atoms with van der Waals surface area (Å²) in [6.07, 6.45) is 9.41. The molecule has 0 aliphatic heterocycles. The zero-order valence-electron chi connectivity index (χ0n) is 12.4. The maximum absolute atomic E-state index is 3.89. The summed E-state index contributed by atoms with van der Waals surface area (Å²) >= 11 is 0. The van der Waals surface area contributed by atoms with Crippen LogP contribution in [0.15, 0.2) is 18.2 Å². The van der Waals surface area contributed by atoms with Crippen molar-refractivity contribution in [3.05, 3.63) is 29.3 Å². The number of aryl methyl sites for hydroxylation is 1. The van der Waals surface area contributed by atoms with Gasteiger partial charge in [0.25, 0.3) is 0 Å². The fourth-order valence-electron chi connectivity index (χ4n) is 3.85. The van der Waals surface area contributed by atoms with Crippen molar-refractivity contribution in [1.82, 2.24) is 0 Å². The molecular formula is C18H27N. The predicted octanol–water partition coefficient (Wildman–Crippen LogP) is 4.80.